The lowest BCUT2D eigenvalue weighted by Crippen LogP contribution is -2.63. The van der Waals surface area contributed by atoms with E-state index in [9.17, 15) is 18.4 Å². The van der Waals surface area contributed by atoms with E-state index in [1.54, 1.807) is 29.7 Å². The molecule has 1 fully saturated rings. The van der Waals surface area contributed by atoms with Gasteiger partial charge in [-0.15, -0.1) is 0 Å². The van der Waals surface area contributed by atoms with Gasteiger partial charge in [0.25, 0.3) is 5.91 Å². The number of ether oxygens (including phenoxy) is 3. The first-order valence-corrected chi connectivity index (χ1v) is 12.9. The maximum absolute atomic E-state index is 13.1. The molecular weight excluding hydrogens is 508 g/mol. The summed E-state index contributed by atoms with van der Waals surface area (Å²) >= 11 is 5.87. The molecule has 1 saturated heterocycles. The van der Waals surface area contributed by atoms with Crippen LogP contribution < -0.4 is 14.9 Å². The zero-order chi connectivity index (χ0) is 25.6. The smallest absolute Gasteiger partial charge is 0.267 e. The Bertz CT molecular complexity index is 1260. The van der Waals surface area contributed by atoms with E-state index in [-0.39, 0.29) is 24.3 Å². The van der Waals surface area contributed by atoms with Crippen molar-refractivity contribution in [3.63, 3.8) is 0 Å². The fourth-order valence-corrected chi connectivity index (χ4v) is 5.21. The van der Waals surface area contributed by atoms with Gasteiger partial charge in [-0.3, -0.25) is 10.0 Å². The first-order valence-electron chi connectivity index (χ1n) is 11.1. The number of benzene rings is 3. The van der Waals surface area contributed by atoms with Gasteiger partial charge in [0.1, 0.15) is 17.0 Å². The molecule has 36 heavy (non-hydrogen) atoms. The van der Waals surface area contributed by atoms with Crippen LogP contribution in [0.25, 0.3) is 0 Å². The Morgan fingerprint density at radius 2 is 1.67 bits per heavy atom. The summed E-state index contributed by atoms with van der Waals surface area (Å²) in [6.07, 6.45) is -0.342. The number of hydrogen-bond donors (Lipinski definition) is 3. The van der Waals surface area contributed by atoms with Crippen molar-refractivity contribution in [2.45, 2.75) is 36.2 Å². The molecule has 0 bridgehead atoms. The van der Waals surface area contributed by atoms with Gasteiger partial charge in [0.05, 0.1) is 18.1 Å². The highest BCUT2D eigenvalue weighted by atomic mass is 35.5. The average Bonchev–Trinajstić information content (AvgIpc) is 2.90. The Balaban J connectivity index is 1.41. The molecule has 4 rings (SSSR count). The van der Waals surface area contributed by atoms with Crippen LogP contribution in [-0.2, 0) is 30.9 Å². The van der Waals surface area contributed by atoms with Crippen LogP contribution >= 0.6 is 11.6 Å². The SMILES string of the molecule is O=C(NO)C1(NS(=O)(=O)c2ccc(Oc3ccc(Cl)cc3)cc2)CCC(OCc2ccccc2)OC1. The third-order valence-electron chi connectivity index (χ3n) is 5.65. The standard InChI is InChI=1S/C25H25ClN2O7S/c26-19-6-8-20(9-7-19)35-21-10-12-22(13-11-21)36(31,32)28-25(24(29)27-30)15-14-23(34-17-25)33-16-18-4-2-1-3-5-18/h1-13,23,28,30H,14-17H2,(H,27,29). The second-order valence-corrected chi connectivity index (χ2v) is 10.4. The Labute approximate surface area is 214 Å². The minimum absolute atomic E-state index is 0.0514. The van der Waals surface area contributed by atoms with Crippen molar-refractivity contribution < 1.29 is 32.6 Å². The molecule has 1 amide bonds. The molecule has 0 aromatic heterocycles. The van der Waals surface area contributed by atoms with E-state index in [4.69, 9.17) is 25.8 Å². The van der Waals surface area contributed by atoms with Crippen LogP contribution in [0.1, 0.15) is 18.4 Å². The van der Waals surface area contributed by atoms with Gasteiger partial charge in [0.2, 0.25) is 10.0 Å². The second kappa shape index (κ2) is 11.4. The highest BCUT2D eigenvalue weighted by molar-refractivity contribution is 7.89. The van der Waals surface area contributed by atoms with Crippen molar-refractivity contribution in [1.82, 2.24) is 10.2 Å². The largest absolute Gasteiger partial charge is 0.457 e. The summed E-state index contributed by atoms with van der Waals surface area (Å²) in [4.78, 5) is 12.4. The molecular formula is C25H25ClN2O7S. The number of carbonyl (C=O) groups excluding carboxylic acids is 1. The first-order chi connectivity index (χ1) is 17.3. The van der Waals surface area contributed by atoms with Gasteiger partial charge in [-0.05, 0) is 60.5 Å². The number of sulfonamides is 1. The molecule has 0 spiro atoms. The van der Waals surface area contributed by atoms with Crippen LogP contribution in [-0.4, -0.2) is 38.0 Å². The van der Waals surface area contributed by atoms with Crippen LogP contribution in [0, 0.1) is 0 Å². The fourth-order valence-electron chi connectivity index (χ4n) is 3.70. The van der Waals surface area contributed by atoms with Crippen molar-refractivity contribution in [3.05, 3.63) is 89.4 Å². The van der Waals surface area contributed by atoms with Crippen LogP contribution in [0.2, 0.25) is 5.02 Å². The van der Waals surface area contributed by atoms with Gasteiger partial charge < -0.3 is 14.2 Å². The molecule has 1 aliphatic rings. The molecule has 0 radical (unpaired) electrons. The van der Waals surface area contributed by atoms with Crippen molar-refractivity contribution in [2.24, 2.45) is 0 Å². The molecule has 3 aromatic carbocycles. The van der Waals surface area contributed by atoms with Crippen molar-refractivity contribution in [3.8, 4) is 11.5 Å². The summed E-state index contributed by atoms with van der Waals surface area (Å²) in [5.41, 5.74) is 0.791. The Morgan fingerprint density at radius 3 is 2.25 bits per heavy atom. The van der Waals surface area contributed by atoms with Gasteiger partial charge in [0, 0.05) is 11.4 Å². The lowest BCUT2D eigenvalue weighted by atomic mass is 9.92. The topological polar surface area (TPSA) is 123 Å². The highest BCUT2D eigenvalue weighted by Crippen LogP contribution is 2.28. The average molecular weight is 533 g/mol. The summed E-state index contributed by atoms with van der Waals surface area (Å²) in [5, 5.41) is 9.85. The summed E-state index contributed by atoms with van der Waals surface area (Å²) in [5.74, 6) is 0.0314. The highest BCUT2D eigenvalue weighted by Gasteiger charge is 2.46. The predicted molar refractivity (Wildman–Crippen MR) is 131 cm³/mol. The van der Waals surface area contributed by atoms with E-state index in [0.717, 1.165) is 5.56 Å². The van der Waals surface area contributed by atoms with E-state index >= 15 is 0 Å². The van der Waals surface area contributed by atoms with E-state index < -0.39 is 27.8 Å². The second-order valence-electron chi connectivity index (χ2n) is 8.23. The molecule has 1 aliphatic heterocycles. The van der Waals surface area contributed by atoms with Gasteiger partial charge in [-0.1, -0.05) is 41.9 Å². The number of rotatable bonds is 9. The van der Waals surface area contributed by atoms with Crippen LogP contribution in [0.3, 0.4) is 0 Å². The molecule has 2 unspecified atom stereocenters. The molecule has 190 valence electrons. The Hall–Kier alpha value is -2.99. The van der Waals surface area contributed by atoms with E-state index in [1.165, 1.54) is 24.3 Å². The molecule has 9 nitrogen and oxygen atoms in total. The molecule has 11 heteroatoms. The number of carbonyl (C=O) groups is 1. The number of halogens is 1. The number of amides is 1. The quantitative estimate of drug-likeness (QED) is 0.281. The number of hydroxylamine groups is 1. The summed E-state index contributed by atoms with van der Waals surface area (Å²) in [6, 6.07) is 21.9. The molecule has 1 heterocycles. The third kappa shape index (κ3) is 6.41. The summed E-state index contributed by atoms with van der Waals surface area (Å²) in [7, 11) is -4.16. The van der Waals surface area contributed by atoms with Crippen LogP contribution in [0.5, 0.6) is 11.5 Å². The Morgan fingerprint density at radius 1 is 1.03 bits per heavy atom. The predicted octanol–water partition coefficient (Wildman–Crippen LogP) is 4.01. The van der Waals surface area contributed by atoms with Gasteiger partial charge in [-0.25, -0.2) is 13.9 Å². The third-order valence-corrected chi connectivity index (χ3v) is 7.45. The first kappa shape index (κ1) is 26.1. The van der Waals surface area contributed by atoms with E-state index in [2.05, 4.69) is 4.72 Å². The molecule has 2 atom stereocenters. The van der Waals surface area contributed by atoms with Crippen LogP contribution in [0.4, 0.5) is 0 Å². The summed E-state index contributed by atoms with van der Waals surface area (Å²) in [6.45, 7) is -0.0172. The van der Waals surface area contributed by atoms with Crippen LogP contribution in [0.15, 0.2) is 83.8 Å². The van der Waals surface area contributed by atoms with E-state index in [0.29, 0.717) is 23.1 Å². The zero-order valence-electron chi connectivity index (χ0n) is 19.1. The molecule has 3 aromatic rings. The lowest BCUT2D eigenvalue weighted by molar-refractivity contribution is -0.191. The van der Waals surface area contributed by atoms with Gasteiger partial charge in [0.15, 0.2) is 6.29 Å². The normalized spacial score (nSPS) is 20.0. The molecule has 0 aliphatic carbocycles. The number of hydrogen-bond acceptors (Lipinski definition) is 7. The summed E-state index contributed by atoms with van der Waals surface area (Å²) < 4.78 is 45.7. The van der Waals surface area contributed by atoms with Crippen molar-refractivity contribution in [2.75, 3.05) is 6.61 Å². The molecule has 3 N–H and O–H groups in total. The monoisotopic (exact) mass is 532 g/mol. The van der Waals surface area contributed by atoms with E-state index in [1.807, 2.05) is 30.3 Å². The lowest BCUT2D eigenvalue weighted by Gasteiger charge is -2.38. The maximum Gasteiger partial charge on any atom is 0.267 e. The van der Waals surface area contributed by atoms with Gasteiger partial charge in [-0.2, -0.15) is 4.72 Å². The molecule has 0 saturated carbocycles. The van der Waals surface area contributed by atoms with Gasteiger partial charge >= 0.3 is 0 Å². The minimum atomic E-state index is -4.16. The zero-order valence-corrected chi connectivity index (χ0v) is 20.7. The van der Waals surface area contributed by atoms with Crippen molar-refractivity contribution >= 4 is 27.5 Å². The Kier molecular flexibility index (Phi) is 8.24. The fraction of sp³-hybridized carbons (Fsp3) is 0.240. The minimum Gasteiger partial charge on any atom is -0.457 e. The maximum atomic E-state index is 13.1. The van der Waals surface area contributed by atoms with Crippen molar-refractivity contribution in [1.29, 1.82) is 0 Å². The number of nitrogens with one attached hydrogen (secondary N) is 2.